The van der Waals surface area contributed by atoms with Crippen LogP contribution in [0.5, 0.6) is 0 Å². The minimum absolute atomic E-state index is 0.351. The van der Waals surface area contributed by atoms with Crippen LogP contribution in [0.4, 0.5) is 0 Å². The molecule has 0 fully saturated rings. The zero-order chi connectivity index (χ0) is 11.5. The highest BCUT2D eigenvalue weighted by atomic mass is 79.9. The Morgan fingerprint density at radius 2 is 1.93 bits per heavy atom. The van der Waals surface area contributed by atoms with Gasteiger partial charge in [0, 0.05) is 4.83 Å². The van der Waals surface area contributed by atoms with Crippen molar-refractivity contribution >= 4 is 15.9 Å². The molecule has 0 radical (unpaired) electrons. The Balaban J connectivity index is 2.51. The molecular formula is C14H21Br. The SMILES string of the molecule is Cc1cccc(CCC(Br)C(C)(C)C)c1. The largest absolute Gasteiger partial charge is 0.0885 e. The number of alkyl halides is 1. The zero-order valence-electron chi connectivity index (χ0n) is 10.2. The molecule has 0 amide bonds. The molecule has 1 rings (SSSR count). The smallest absolute Gasteiger partial charge is 0.0197 e. The van der Waals surface area contributed by atoms with Gasteiger partial charge in [-0.05, 0) is 30.7 Å². The molecule has 0 heterocycles. The fourth-order valence-electron chi connectivity index (χ4n) is 1.59. The van der Waals surface area contributed by atoms with Crippen LogP contribution in [-0.4, -0.2) is 4.83 Å². The molecule has 0 aliphatic heterocycles. The monoisotopic (exact) mass is 268 g/mol. The molecule has 1 aromatic rings. The van der Waals surface area contributed by atoms with E-state index in [0.29, 0.717) is 10.2 Å². The van der Waals surface area contributed by atoms with E-state index in [-0.39, 0.29) is 0 Å². The van der Waals surface area contributed by atoms with Crippen molar-refractivity contribution in [3.8, 4) is 0 Å². The maximum absolute atomic E-state index is 3.77. The molecular weight excluding hydrogens is 248 g/mol. The van der Waals surface area contributed by atoms with Gasteiger partial charge < -0.3 is 0 Å². The molecule has 1 unspecified atom stereocenters. The topological polar surface area (TPSA) is 0 Å². The quantitative estimate of drug-likeness (QED) is 0.695. The number of hydrogen-bond donors (Lipinski definition) is 0. The summed E-state index contributed by atoms with van der Waals surface area (Å²) in [5.41, 5.74) is 3.15. The Bertz CT molecular complexity index is 309. The summed E-state index contributed by atoms with van der Waals surface area (Å²) in [5, 5.41) is 0. The molecule has 0 saturated carbocycles. The fourth-order valence-corrected chi connectivity index (χ4v) is 1.82. The van der Waals surface area contributed by atoms with Crippen LogP contribution in [0.15, 0.2) is 24.3 Å². The Morgan fingerprint density at radius 1 is 1.27 bits per heavy atom. The first-order valence-electron chi connectivity index (χ1n) is 5.59. The van der Waals surface area contributed by atoms with Crippen molar-refractivity contribution in [3.63, 3.8) is 0 Å². The van der Waals surface area contributed by atoms with E-state index in [4.69, 9.17) is 0 Å². The molecule has 1 aromatic carbocycles. The second kappa shape index (κ2) is 5.16. The first kappa shape index (κ1) is 12.8. The lowest BCUT2D eigenvalue weighted by atomic mass is 9.88. The van der Waals surface area contributed by atoms with Gasteiger partial charge in [0.1, 0.15) is 0 Å². The number of benzene rings is 1. The summed E-state index contributed by atoms with van der Waals surface area (Å²) in [6.45, 7) is 8.99. The molecule has 1 heteroatoms. The summed E-state index contributed by atoms with van der Waals surface area (Å²) in [5.74, 6) is 0. The summed E-state index contributed by atoms with van der Waals surface area (Å²) < 4.78 is 0. The maximum Gasteiger partial charge on any atom is 0.0197 e. The van der Waals surface area contributed by atoms with E-state index in [2.05, 4.69) is 67.9 Å². The average molecular weight is 269 g/mol. The van der Waals surface area contributed by atoms with Gasteiger partial charge in [0.05, 0.1) is 0 Å². The van der Waals surface area contributed by atoms with Crippen molar-refractivity contribution in [1.29, 1.82) is 0 Å². The van der Waals surface area contributed by atoms with Crippen LogP contribution in [-0.2, 0) is 6.42 Å². The molecule has 1 atom stereocenters. The number of hydrogen-bond acceptors (Lipinski definition) is 0. The highest BCUT2D eigenvalue weighted by molar-refractivity contribution is 9.09. The Kier molecular flexibility index (Phi) is 4.39. The molecule has 0 N–H and O–H groups in total. The predicted octanol–water partition coefficient (Wildman–Crippen LogP) is 4.74. The molecule has 15 heavy (non-hydrogen) atoms. The van der Waals surface area contributed by atoms with Crippen LogP contribution < -0.4 is 0 Å². The van der Waals surface area contributed by atoms with Crippen molar-refractivity contribution in [3.05, 3.63) is 35.4 Å². The number of rotatable bonds is 3. The highest BCUT2D eigenvalue weighted by Crippen LogP contribution is 2.29. The van der Waals surface area contributed by atoms with E-state index in [0.717, 1.165) is 6.42 Å². The lowest BCUT2D eigenvalue weighted by Gasteiger charge is -2.25. The summed E-state index contributed by atoms with van der Waals surface area (Å²) in [6, 6.07) is 8.79. The van der Waals surface area contributed by atoms with E-state index >= 15 is 0 Å². The third-order valence-corrected chi connectivity index (χ3v) is 4.54. The standard InChI is InChI=1S/C14H21Br/c1-11-6-5-7-12(10-11)8-9-13(15)14(2,3)4/h5-7,10,13H,8-9H2,1-4H3. The second-order valence-electron chi connectivity index (χ2n) is 5.36. The third-order valence-electron chi connectivity index (χ3n) is 2.71. The first-order valence-corrected chi connectivity index (χ1v) is 6.51. The van der Waals surface area contributed by atoms with Gasteiger partial charge in [0.25, 0.3) is 0 Å². The molecule has 0 aromatic heterocycles. The molecule has 84 valence electrons. The zero-order valence-corrected chi connectivity index (χ0v) is 11.8. The Hall–Kier alpha value is -0.300. The Labute approximate surface area is 102 Å². The molecule has 0 spiro atoms. The van der Waals surface area contributed by atoms with Gasteiger partial charge >= 0.3 is 0 Å². The lowest BCUT2D eigenvalue weighted by Crippen LogP contribution is -2.20. The van der Waals surface area contributed by atoms with Gasteiger partial charge in [0.2, 0.25) is 0 Å². The summed E-state index contributed by atoms with van der Waals surface area (Å²) in [7, 11) is 0. The van der Waals surface area contributed by atoms with E-state index in [1.54, 1.807) is 0 Å². The summed E-state index contributed by atoms with van der Waals surface area (Å²) >= 11 is 3.77. The van der Waals surface area contributed by atoms with Gasteiger partial charge in [-0.2, -0.15) is 0 Å². The van der Waals surface area contributed by atoms with Crippen LogP contribution in [0.1, 0.15) is 38.3 Å². The van der Waals surface area contributed by atoms with Gasteiger partial charge in [-0.3, -0.25) is 0 Å². The highest BCUT2D eigenvalue weighted by Gasteiger charge is 2.20. The van der Waals surface area contributed by atoms with E-state index in [9.17, 15) is 0 Å². The number of halogens is 1. The van der Waals surface area contributed by atoms with Crippen molar-refractivity contribution < 1.29 is 0 Å². The lowest BCUT2D eigenvalue weighted by molar-refractivity contribution is 0.386. The summed E-state index contributed by atoms with van der Waals surface area (Å²) in [4.78, 5) is 0.588. The van der Waals surface area contributed by atoms with Gasteiger partial charge in [-0.25, -0.2) is 0 Å². The average Bonchev–Trinajstić information content (AvgIpc) is 2.12. The van der Waals surface area contributed by atoms with Gasteiger partial charge in [-0.15, -0.1) is 0 Å². The van der Waals surface area contributed by atoms with Crippen molar-refractivity contribution in [1.82, 2.24) is 0 Å². The van der Waals surface area contributed by atoms with Crippen LogP contribution in [0.3, 0.4) is 0 Å². The van der Waals surface area contributed by atoms with E-state index in [1.807, 2.05) is 0 Å². The third kappa shape index (κ3) is 4.38. The predicted molar refractivity (Wildman–Crippen MR) is 71.7 cm³/mol. The van der Waals surface area contributed by atoms with E-state index < -0.39 is 0 Å². The van der Waals surface area contributed by atoms with Crippen molar-refractivity contribution in [2.75, 3.05) is 0 Å². The van der Waals surface area contributed by atoms with E-state index in [1.165, 1.54) is 17.5 Å². The molecule has 0 aliphatic carbocycles. The Morgan fingerprint density at radius 3 is 2.47 bits per heavy atom. The molecule has 0 bridgehead atoms. The second-order valence-corrected chi connectivity index (χ2v) is 6.47. The minimum Gasteiger partial charge on any atom is -0.0885 e. The minimum atomic E-state index is 0.351. The van der Waals surface area contributed by atoms with Gasteiger partial charge in [0.15, 0.2) is 0 Å². The summed E-state index contributed by atoms with van der Waals surface area (Å²) in [6.07, 6.45) is 2.36. The molecule has 0 nitrogen and oxygen atoms in total. The van der Waals surface area contributed by atoms with Crippen LogP contribution in [0.25, 0.3) is 0 Å². The van der Waals surface area contributed by atoms with Crippen LogP contribution in [0.2, 0.25) is 0 Å². The maximum atomic E-state index is 3.77. The number of aryl methyl sites for hydroxylation is 2. The van der Waals surface area contributed by atoms with Crippen LogP contribution >= 0.6 is 15.9 Å². The normalized spacial score (nSPS) is 13.9. The van der Waals surface area contributed by atoms with Gasteiger partial charge in [-0.1, -0.05) is 66.5 Å². The van der Waals surface area contributed by atoms with Crippen molar-refractivity contribution in [2.24, 2.45) is 5.41 Å². The van der Waals surface area contributed by atoms with Crippen molar-refractivity contribution in [2.45, 2.75) is 45.4 Å². The fraction of sp³-hybridized carbons (Fsp3) is 0.571. The van der Waals surface area contributed by atoms with Crippen LogP contribution in [0, 0.1) is 12.3 Å². The molecule has 0 saturated heterocycles. The molecule has 0 aliphatic rings. The first-order chi connectivity index (χ1) is 6.89.